The van der Waals surface area contributed by atoms with Crippen molar-refractivity contribution in [2.75, 3.05) is 0 Å². The standard InChI is InChI=1S/C19H18O3/c1-19(2,3)13-8-10-14(11-9-13)21-17-12-18(20)22-16-7-5-4-6-15(16)17/h4-12H,1-3H3. The number of rotatable bonds is 2. The highest BCUT2D eigenvalue weighted by atomic mass is 16.5. The maximum Gasteiger partial charge on any atom is 0.339 e. The Bertz CT molecular complexity index is 852. The molecule has 0 spiro atoms. The molecular formula is C19H18O3. The van der Waals surface area contributed by atoms with E-state index in [0.717, 1.165) is 5.39 Å². The van der Waals surface area contributed by atoms with Gasteiger partial charge in [0.2, 0.25) is 0 Å². The van der Waals surface area contributed by atoms with Crippen molar-refractivity contribution in [2.45, 2.75) is 26.2 Å². The molecule has 3 nitrogen and oxygen atoms in total. The quantitative estimate of drug-likeness (QED) is 0.632. The predicted molar refractivity (Wildman–Crippen MR) is 87.7 cm³/mol. The zero-order chi connectivity index (χ0) is 15.7. The Labute approximate surface area is 129 Å². The summed E-state index contributed by atoms with van der Waals surface area (Å²) in [5.41, 5.74) is 1.44. The molecule has 0 aliphatic rings. The second kappa shape index (κ2) is 5.34. The highest BCUT2D eigenvalue weighted by Gasteiger charge is 2.13. The average molecular weight is 294 g/mol. The summed E-state index contributed by atoms with van der Waals surface area (Å²) >= 11 is 0. The summed E-state index contributed by atoms with van der Waals surface area (Å²) in [7, 11) is 0. The van der Waals surface area contributed by atoms with Crippen LogP contribution in [0.3, 0.4) is 0 Å². The molecule has 0 amide bonds. The van der Waals surface area contributed by atoms with Crippen LogP contribution in [0.2, 0.25) is 0 Å². The molecule has 0 fully saturated rings. The molecule has 3 rings (SSSR count). The number of benzene rings is 2. The van der Waals surface area contributed by atoms with Gasteiger partial charge in [0.15, 0.2) is 0 Å². The minimum Gasteiger partial charge on any atom is -0.456 e. The Morgan fingerprint density at radius 3 is 2.32 bits per heavy atom. The van der Waals surface area contributed by atoms with Gasteiger partial charge in [0, 0.05) is 0 Å². The smallest absolute Gasteiger partial charge is 0.339 e. The summed E-state index contributed by atoms with van der Waals surface area (Å²) in [5.74, 6) is 1.21. The van der Waals surface area contributed by atoms with E-state index in [-0.39, 0.29) is 5.41 Å². The minimum absolute atomic E-state index is 0.0963. The first-order valence-corrected chi connectivity index (χ1v) is 7.25. The summed E-state index contributed by atoms with van der Waals surface area (Å²) < 4.78 is 11.0. The molecule has 0 N–H and O–H groups in total. The summed E-state index contributed by atoms with van der Waals surface area (Å²) in [6, 6.07) is 16.6. The molecule has 2 aromatic carbocycles. The van der Waals surface area contributed by atoms with Crippen LogP contribution in [-0.4, -0.2) is 0 Å². The summed E-state index contributed by atoms with van der Waals surface area (Å²) in [5, 5.41) is 0.780. The van der Waals surface area contributed by atoms with E-state index in [1.165, 1.54) is 11.6 Å². The molecule has 0 aliphatic heterocycles. The van der Waals surface area contributed by atoms with Gasteiger partial charge in [-0.25, -0.2) is 4.79 Å². The van der Waals surface area contributed by atoms with Gasteiger partial charge < -0.3 is 9.15 Å². The van der Waals surface area contributed by atoms with Crippen LogP contribution in [0.5, 0.6) is 11.5 Å². The topological polar surface area (TPSA) is 39.4 Å². The molecule has 1 heterocycles. The van der Waals surface area contributed by atoms with Gasteiger partial charge in [-0.15, -0.1) is 0 Å². The van der Waals surface area contributed by atoms with Crippen molar-refractivity contribution in [3.05, 3.63) is 70.6 Å². The molecule has 0 saturated carbocycles. The Hall–Kier alpha value is -2.55. The van der Waals surface area contributed by atoms with Gasteiger partial charge in [-0.05, 0) is 35.2 Å². The number of hydrogen-bond acceptors (Lipinski definition) is 3. The van der Waals surface area contributed by atoms with Crippen molar-refractivity contribution in [1.82, 2.24) is 0 Å². The van der Waals surface area contributed by atoms with Gasteiger partial charge in [0.25, 0.3) is 0 Å². The van der Waals surface area contributed by atoms with Gasteiger partial charge in [-0.2, -0.15) is 0 Å². The molecular weight excluding hydrogens is 276 g/mol. The third-order valence-electron chi connectivity index (χ3n) is 3.56. The first-order chi connectivity index (χ1) is 10.4. The van der Waals surface area contributed by atoms with Gasteiger partial charge in [0.1, 0.15) is 17.1 Å². The third-order valence-corrected chi connectivity index (χ3v) is 3.56. The largest absolute Gasteiger partial charge is 0.456 e. The van der Waals surface area contributed by atoms with Crippen molar-refractivity contribution in [2.24, 2.45) is 0 Å². The predicted octanol–water partition coefficient (Wildman–Crippen LogP) is 4.88. The fraction of sp³-hybridized carbons (Fsp3) is 0.211. The molecule has 0 unspecified atom stereocenters. The molecule has 3 aromatic rings. The molecule has 1 aromatic heterocycles. The fourth-order valence-corrected chi connectivity index (χ4v) is 2.32. The van der Waals surface area contributed by atoms with Gasteiger partial charge >= 0.3 is 5.63 Å². The lowest BCUT2D eigenvalue weighted by Gasteiger charge is -2.19. The van der Waals surface area contributed by atoms with E-state index in [2.05, 4.69) is 20.8 Å². The van der Waals surface area contributed by atoms with Crippen molar-refractivity contribution in [1.29, 1.82) is 0 Å². The van der Waals surface area contributed by atoms with E-state index in [9.17, 15) is 4.79 Å². The lowest BCUT2D eigenvalue weighted by Crippen LogP contribution is -2.10. The maximum atomic E-state index is 11.6. The average Bonchev–Trinajstić information content (AvgIpc) is 2.46. The first kappa shape index (κ1) is 14.4. The number of fused-ring (bicyclic) bond motifs is 1. The first-order valence-electron chi connectivity index (χ1n) is 7.25. The SMILES string of the molecule is CC(C)(C)c1ccc(Oc2cc(=O)oc3ccccc23)cc1. The van der Waals surface area contributed by atoms with Gasteiger partial charge in [0.05, 0.1) is 11.5 Å². The molecule has 0 radical (unpaired) electrons. The van der Waals surface area contributed by atoms with Crippen LogP contribution in [0.4, 0.5) is 0 Å². The van der Waals surface area contributed by atoms with Crippen LogP contribution in [0.15, 0.2) is 63.8 Å². The lowest BCUT2D eigenvalue weighted by molar-refractivity contribution is 0.474. The van der Waals surface area contributed by atoms with E-state index in [1.54, 1.807) is 6.07 Å². The normalized spacial score (nSPS) is 11.6. The highest BCUT2D eigenvalue weighted by molar-refractivity contribution is 5.83. The summed E-state index contributed by atoms with van der Waals surface area (Å²) in [4.78, 5) is 11.6. The third kappa shape index (κ3) is 2.89. The summed E-state index contributed by atoms with van der Waals surface area (Å²) in [6.07, 6.45) is 0. The second-order valence-corrected chi connectivity index (χ2v) is 6.30. The number of hydrogen-bond donors (Lipinski definition) is 0. The molecule has 0 bridgehead atoms. The molecule has 0 saturated heterocycles. The molecule has 22 heavy (non-hydrogen) atoms. The van der Waals surface area contributed by atoms with Crippen LogP contribution in [0.25, 0.3) is 11.0 Å². The van der Waals surface area contributed by atoms with Crippen LogP contribution in [0, 0.1) is 0 Å². The van der Waals surface area contributed by atoms with Crippen LogP contribution in [0.1, 0.15) is 26.3 Å². The fourth-order valence-electron chi connectivity index (χ4n) is 2.32. The zero-order valence-electron chi connectivity index (χ0n) is 12.9. The Balaban J connectivity index is 1.98. The van der Waals surface area contributed by atoms with E-state index in [4.69, 9.17) is 9.15 Å². The van der Waals surface area contributed by atoms with E-state index in [0.29, 0.717) is 17.1 Å². The lowest BCUT2D eigenvalue weighted by atomic mass is 9.87. The second-order valence-electron chi connectivity index (χ2n) is 6.30. The van der Waals surface area contributed by atoms with Crippen molar-refractivity contribution in [3.8, 4) is 11.5 Å². The van der Waals surface area contributed by atoms with Crippen LogP contribution >= 0.6 is 0 Å². The van der Waals surface area contributed by atoms with E-state index in [1.807, 2.05) is 42.5 Å². The maximum absolute atomic E-state index is 11.6. The Morgan fingerprint density at radius 2 is 1.64 bits per heavy atom. The van der Waals surface area contributed by atoms with Crippen molar-refractivity contribution >= 4 is 11.0 Å². The molecule has 3 heteroatoms. The summed E-state index contributed by atoms with van der Waals surface area (Å²) in [6.45, 7) is 6.50. The molecule has 0 atom stereocenters. The monoisotopic (exact) mass is 294 g/mol. The van der Waals surface area contributed by atoms with E-state index >= 15 is 0 Å². The highest BCUT2D eigenvalue weighted by Crippen LogP contribution is 2.30. The molecule has 112 valence electrons. The Morgan fingerprint density at radius 1 is 0.955 bits per heavy atom. The minimum atomic E-state index is -0.417. The Kier molecular flexibility index (Phi) is 3.49. The van der Waals surface area contributed by atoms with Crippen LogP contribution in [-0.2, 0) is 5.41 Å². The van der Waals surface area contributed by atoms with Gasteiger partial charge in [-0.1, -0.05) is 45.0 Å². The van der Waals surface area contributed by atoms with Crippen molar-refractivity contribution < 1.29 is 9.15 Å². The molecule has 0 aliphatic carbocycles. The van der Waals surface area contributed by atoms with E-state index < -0.39 is 5.63 Å². The number of para-hydroxylation sites is 1. The van der Waals surface area contributed by atoms with Crippen molar-refractivity contribution in [3.63, 3.8) is 0 Å². The zero-order valence-corrected chi connectivity index (χ0v) is 12.9. The van der Waals surface area contributed by atoms with Crippen LogP contribution < -0.4 is 10.4 Å². The number of ether oxygens (including phenoxy) is 1. The van der Waals surface area contributed by atoms with Gasteiger partial charge in [-0.3, -0.25) is 0 Å².